The molecule has 2 aliphatic carbocycles. The van der Waals surface area contributed by atoms with Crippen LogP contribution in [0.4, 0.5) is 16.7 Å². The number of hydrogen-bond acceptors (Lipinski definition) is 7. The number of carbonyl (C=O) groups is 2. The fourth-order valence-corrected chi connectivity index (χ4v) is 3.12. The predicted octanol–water partition coefficient (Wildman–Crippen LogP) is 1.09. The van der Waals surface area contributed by atoms with Crippen LogP contribution < -0.4 is 21.3 Å². The van der Waals surface area contributed by atoms with Gasteiger partial charge in [0.1, 0.15) is 5.70 Å². The van der Waals surface area contributed by atoms with Gasteiger partial charge < -0.3 is 16.0 Å². The Balaban J connectivity index is 1.54. The molecule has 3 amide bonds. The molecule has 5 rings (SSSR count). The van der Waals surface area contributed by atoms with E-state index >= 15 is 0 Å². The standard InChI is InChI=1S/C17H20N8O2/c1-8(9-2-3-9)19-15-22-13-10(6-12-14(26)23-17(27)21-12)7-18-25(13)16(24-15)20-11-4-5-11/h6-9,11H,2-5H2,1H3,(H2,19,20,22,24)(H2,21,23,26,27)/b12-6-/t8-/m0/s1. The number of hydrogen-bond donors (Lipinski definition) is 4. The quantitative estimate of drug-likeness (QED) is 0.444. The van der Waals surface area contributed by atoms with E-state index in [0.29, 0.717) is 41.1 Å². The molecule has 1 aliphatic heterocycles. The van der Waals surface area contributed by atoms with Gasteiger partial charge in [0.05, 0.1) is 6.20 Å². The number of nitrogens with one attached hydrogen (secondary N) is 4. The number of aromatic nitrogens is 4. The number of urea groups is 1. The fraction of sp³-hybridized carbons (Fsp3) is 0.471. The first-order chi connectivity index (χ1) is 13.1. The maximum Gasteiger partial charge on any atom is 0.326 e. The molecule has 1 saturated heterocycles. The smallest absolute Gasteiger partial charge is 0.326 e. The first-order valence-electron chi connectivity index (χ1n) is 9.20. The molecule has 0 bridgehead atoms. The molecule has 10 nitrogen and oxygen atoms in total. The van der Waals surface area contributed by atoms with Crippen molar-refractivity contribution in [3.05, 3.63) is 17.5 Å². The molecule has 0 spiro atoms. The van der Waals surface area contributed by atoms with Crippen LogP contribution >= 0.6 is 0 Å². The summed E-state index contributed by atoms with van der Waals surface area (Å²) in [6, 6.07) is 0.169. The highest BCUT2D eigenvalue weighted by Crippen LogP contribution is 2.34. The average molecular weight is 368 g/mol. The highest BCUT2D eigenvalue weighted by molar-refractivity contribution is 6.14. The third-order valence-corrected chi connectivity index (χ3v) is 5.01. The van der Waals surface area contributed by atoms with E-state index in [4.69, 9.17) is 0 Å². The molecular weight excluding hydrogens is 348 g/mol. The second kappa shape index (κ2) is 5.93. The number of anilines is 2. The van der Waals surface area contributed by atoms with Crippen molar-refractivity contribution in [2.24, 2.45) is 5.92 Å². The zero-order chi connectivity index (χ0) is 18.5. The van der Waals surface area contributed by atoms with Gasteiger partial charge in [-0.3, -0.25) is 10.1 Å². The number of rotatable bonds is 6. The van der Waals surface area contributed by atoms with Gasteiger partial charge in [-0.05, 0) is 44.6 Å². The lowest BCUT2D eigenvalue weighted by molar-refractivity contribution is -0.115. The van der Waals surface area contributed by atoms with Gasteiger partial charge in [0.25, 0.3) is 5.91 Å². The Morgan fingerprint density at radius 3 is 2.70 bits per heavy atom. The number of imide groups is 1. The molecule has 3 heterocycles. The second-order valence-corrected chi connectivity index (χ2v) is 7.36. The monoisotopic (exact) mass is 368 g/mol. The van der Waals surface area contributed by atoms with E-state index in [9.17, 15) is 9.59 Å². The highest BCUT2D eigenvalue weighted by Gasteiger charge is 2.29. The van der Waals surface area contributed by atoms with E-state index in [1.807, 2.05) is 0 Å². The lowest BCUT2D eigenvalue weighted by Gasteiger charge is -2.14. The Labute approximate surface area is 154 Å². The molecular formula is C17H20N8O2. The molecule has 3 fully saturated rings. The van der Waals surface area contributed by atoms with Gasteiger partial charge in [-0.15, -0.1) is 0 Å². The molecule has 4 N–H and O–H groups in total. The van der Waals surface area contributed by atoms with Crippen molar-refractivity contribution >= 4 is 35.6 Å². The van der Waals surface area contributed by atoms with Crippen LogP contribution in [0.3, 0.4) is 0 Å². The van der Waals surface area contributed by atoms with Crippen molar-refractivity contribution < 1.29 is 9.59 Å². The Kier molecular flexibility index (Phi) is 3.52. The van der Waals surface area contributed by atoms with Crippen LogP contribution in [0.25, 0.3) is 11.7 Å². The third-order valence-electron chi connectivity index (χ3n) is 5.01. The fourth-order valence-electron chi connectivity index (χ4n) is 3.12. The van der Waals surface area contributed by atoms with Crippen molar-refractivity contribution in [2.45, 2.75) is 44.7 Å². The summed E-state index contributed by atoms with van der Waals surface area (Å²) >= 11 is 0. The highest BCUT2D eigenvalue weighted by atomic mass is 16.2. The first kappa shape index (κ1) is 16.0. The Bertz CT molecular complexity index is 973. The summed E-state index contributed by atoms with van der Waals surface area (Å²) in [4.78, 5) is 32.4. The van der Waals surface area contributed by atoms with Crippen molar-refractivity contribution in [1.29, 1.82) is 0 Å². The van der Waals surface area contributed by atoms with E-state index in [0.717, 1.165) is 12.8 Å². The Morgan fingerprint density at radius 1 is 1.22 bits per heavy atom. The number of nitrogens with zero attached hydrogens (tertiary/aromatic N) is 4. The second-order valence-electron chi connectivity index (χ2n) is 7.36. The SMILES string of the molecule is C[C@H](Nc1nc(NC2CC2)n2ncc(/C=C3\NC(=O)NC3=O)c2n1)C1CC1. The van der Waals surface area contributed by atoms with Crippen LogP contribution in [0.15, 0.2) is 11.9 Å². The molecule has 140 valence electrons. The van der Waals surface area contributed by atoms with E-state index in [-0.39, 0.29) is 5.70 Å². The summed E-state index contributed by atoms with van der Waals surface area (Å²) in [5, 5.41) is 15.8. The largest absolute Gasteiger partial charge is 0.351 e. The van der Waals surface area contributed by atoms with Crippen molar-refractivity contribution in [3.63, 3.8) is 0 Å². The van der Waals surface area contributed by atoms with Crippen LogP contribution in [0.1, 0.15) is 38.2 Å². The predicted molar refractivity (Wildman–Crippen MR) is 97.9 cm³/mol. The maximum absolute atomic E-state index is 11.8. The van der Waals surface area contributed by atoms with Gasteiger partial charge >= 0.3 is 6.03 Å². The van der Waals surface area contributed by atoms with Gasteiger partial charge in [0, 0.05) is 17.6 Å². The lowest BCUT2D eigenvalue weighted by atomic mass is 10.2. The number of carbonyl (C=O) groups excluding carboxylic acids is 2. The van der Waals surface area contributed by atoms with E-state index in [1.165, 1.54) is 12.8 Å². The lowest BCUT2D eigenvalue weighted by Crippen LogP contribution is -2.22. The van der Waals surface area contributed by atoms with Crippen molar-refractivity contribution in [1.82, 2.24) is 30.2 Å². The zero-order valence-corrected chi connectivity index (χ0v) is 14.8. The summed E-state index contributed by atoms with van der Waals surface area (Å²) in [5.74, 6) is 1.35. The van der Waals surface area contributed by atoms with Crippen LogP contribution in [-0.2, 0) is 4.79 Å². The van der Waals surface area contributed by atoms with Crippen molar-refractivity contribution in [2.75, 3.05) is 10.6 Å². The average Bonchev–Trinajstić information content (AvgIpc) is 3.53. The van der Waals surface area contributed by atoms with E-state index in [2.05, 4.69) is 43.3 Å². The topological polar surface area (TPSA) is 125 Å². The minimum atomic E-state index is -0.533. The Hall–Kier alpha value is -3.17. The minimum absolute atomic E-state index is 0.172. The summed E-state index contributed by atoms with van der Waals surface area (Å²) in [7, 11) is 0. The van der Waals surface area contributed by atoms with Crippen LogP contribution in [0.5, 0.6) is 0 Å². The summed E-state index contributed by atoms with van der Waals surface area (Å²) in [6.45, 7) is 2.14. The molecule has 27 heavy (non-hydrogen) atoms. The third kappa shape index (κ3) is 3.18. The molecule has 2 aromatic heterocycles. The van der Waals surface area contributed by atoms with Crippen molar-refractivity contribution in [3.8, 4) is 0 Å². The van der Waals surface area contributed by atoms with Gasteiger partial charge in [-0.25, -0.2) is 4.79 Å². The zero-order valence-electron chi connectivity index (χ0n) is 14.8. The van der Waals surface area contributed by atoms with Gasteiger partial charge in [-0.2, -0.15) is 19.6 Å². The van der Waals surface area contributed by atoms with Crippen LogP contribution in [0, 0.1) is 5.92 Å². The first-order valence-corrected chi connectivity index (χ1v) is 9.20. The van der Waals surface area contributed by atoms with Gasteiger partial charge in [0.2, 0.25) is 11.9 Å². The summed E-state index contributed by atoms with van der Waals surface area (Å²) < 4.78 is 1.63. The normalized spacial score (nSPS) is 22.0. The molecule has 10 heteroatoms. The van der Waals surface area contributed by atoms with Gasteiger partial charge in [0.15, 0.2) is 5.65 Å². The summed E-state index contributed by atoms with van der Waals surface area (Å²) in [5.41, 5.74) is 1.37. The van der Waals surface area contributed by atoms with Gasteiger partial charge in [-0.1, -0.05) is 0 Å². The van der Waals surface area contributed by atoms with E-state index in [1.54, 1.807) is 16.8 Å². The molecule has 0 aromatic carbocycles. The molecule has 0 unspecified atom stereocenters. The molecule has 1 atom stereocenters. The minimum Gasteiger partial charge on any atom is -0.351 e. The van der Waals surface area contributed by atoms with Crippen LogP contribution in [0.2, 0.25) is 0 Å². The summed E-state index contributed by atoms with van der Waals surface area (Å²) in [6.07, 6.45) is 7.85. The maximum atomic E-state index is 11.8. The molecule has 0 radical (unpaired) electrons. The number of fused-ring (bicyclic) bond motifs is 1. The molecule has 2 saturated carbocycles. The molecule has 3 aliphatic rings. The van der Waals surface area contributed by atoms with E-state index < -0.39 is 11.9 Å². The van der Waals surface area contributed by atoms with Crippen LogP contribution in [-0.4, -0.2) is 43.6 Å². The Morgan fingerprint density at radius 2 is 2.04 bits per heavy atom. The molecule has 2 aromatic rings. The number of amides is 3.